The van der Waals surface area contributed by atoms with Crippen LogP contribution in [0.25, 0.3) is 0 Å². The fourth-order valence-corrected chi connectivity index (χ4v) is 3.12. The number of anilines is 1. The molecule has 1 saturated heterocycles. The Morgan fingerprint density at radius 3 is 2.44 bits per heavy atom. The van der Waals surface area contributed by atoms with Gasteiger partial charge in [0.25, 0.3) is 0 Å². The smallest absolute Gasteiger partial charge is 0.225 e. The molecule has 1 aromatic rings. The number of halogens is 1. The molecular formula is C19H36IN7. The van der Waals surface area contributed by atoms with E-state index in [2.05, 4.69) is 37.0 Å². The van der Waals surface area contributed by atoms with Crippen molar-refractivity contribution in [1.82, 2.24) is 20.2 Å². The summed E-state index contributed by atoms with van der Waals surface area (Å²) in [5, 5.41) is 3.23. The zero-order valence-corrected chi connectivity index (χ0v) is 19.0. The van der Waals surface area contributed by atoms with Gasteiger partial charge in [0.2, 0.25) is 5.95 Å². The molecule has 1 aromatic heterocycles. The largest absolute Gasteiger partial charge is 0.370 e. The Kier molecular flexibility index (Phi) is 13.1. The van der Waals surface area contributed by atoms with Gasteiger partial charge < -0.3 is 16.0 Å². The maximum absolute atomic E-state index is 5.95. The molecule has 8 heteroatoms. The normalized spacial score (nSPS) is 15.4. The first-order chi connectivity index (χ1) is 12.8. The molecule has 1 aliphatic rings. The van der Waals surface area contributed by atoms with Crippen molar-refractivity contribution < 1.29 is 0 Å². The minimum atomic E-state index is 0. The third-order valence-electron chi connectivity index (χ3n) is 4.74. The van der Waals surface area contributed by atoms with Gasteiger partial charge in [0.15, 0.2) is 5.96 Å². The summed E-state index contributed by atoms with van der Waals surface area (Å²) in [5.41, 5.74) is 5.95. The Labute approximate surface area is 181 Å². The molecule has 0 radical (unpaired) electrons. The third kappa shape index (κ3) is 10.1. The number of aliphatic imine (C=N–C) groups is 1. The van der Waals surface area contributed by atoms with E-state index in [9.17, 15) is 0 Å². The molecule has 0 saturated carbocycles. The van der Waals surface area contributed by atoms with E-state index in [1.807, 2.05) is 6.07 Å². The molecule has 7 nitrogen and oxygen atoms in total. The van der Waals surface area contributed by atoms with Crippen molar-refractivity contribution in [2.45, 2.75) is 45.4 Å². The lowest BCUT2D eigenvalue weighted by molar-refractivity contribution is 0.260. The van der Waals surface area contributed by atoms with Crippen LogP contribution in [0, 0.1) is 0 Å². The van der Waals surface area contributed by atoms with Gasteiger partial charge in [-0.15, -0.1) is 24.0 Å². The highest BCUT2D eigenvalue weighted by atomic mass is 127. The summed E-state index contributed by atoms with van der Waals surface area (Å²) >= 11 is 0. The van der Waals surface area contributed by atoms with E-state index in [0.717, 1.165) is 58.2 Å². The number of rotatable bonds is 11. The molecule has 3 N–H and O–H groups in total. The molecule has 1 aliphatic heterocycles. The zero-order chi connectivity index (χ0) is 18.5. The fraction of sp³-hybridized carbons (Fsp3) is 0.737. The van der Waals surface area contributed by atoms with Crippen LogP contribution < -0.4 is 16.0 Å². The third-order valence-corrected chi connectivity index (χ3v) is 4.74. The average Bonchev–Trinajstić information content (AvgIpc) is 2.68. The molecule has 0 unspecified atom stereocenters. The van der Waals surface area contributed by atoms with Crippen molar-refractivity contribution in [2.24, 2.45) is 10.7 Å². The number of nitrogens with zero attached hydrogens (tertiary/aromatic N) is 5. The van der Waals surface area contributed by atoms with Gasteiger partial charge in [-0.2, -0.15) is 0 Å². The molecule has 0 atom stereocenters. The summed E-state index contributed by atoms with van der Waals surface area (Å²) < 4.78 is 0. The van der Waals surface area contributed by atoms with E-state index < -0.39 is 0 Å². The number of unbranched alkanes of at least 4 members (excludes halogenated alkanes) is 5. The van der Waals surface area contributed by atoms with Crippen molar-refractivity contribution in [3.63, 3.8) is 0 Å². The van der Waals surface area contributed by atoms with Crippen LogP contribution in [-0.4, -0.2) is 66.6 Å². The predicted molar refractivity (Wildman–Crippen MR) is 124 cm³/mol. The highest BCUT2D eigenvalue weighted by Crippen LogP contribution is 2.09. The quantitative estimate of drug-likeness (QED) is 0.215. The number of hydrogen-bond donors (Lipinski definition) is 2. The zero-order valence-electron chi connectivity index (χ0n) is 16.6. The fourth-order valence-electron chi connectivity index (χ4n) is 3.12. The number of nitrogens with two attached hydrogens (primary N) is 1. The average molecular weight is 489 g/mol. The second kappa shape index (κ2) is 14.8. The molecule has 1 fully saturated rings. The van der Waals surface area contributed by atoms with Gasteiger partial charge in [-0.25, -0.2) is 9.97 Å². The van der Waals surface area contributed by atoms with Crippen LogP contribution in [-0.2, 0) is 0 Å². The van der Waals surface area contributed by atoms with Gasteiger partial charge >= 0.3 is 0 Å². The maximum atomic E-state index is 5.95. The number of hydrogen-bond acceptors (Lipinski definition) is 5. The Hall–Kier alpha value is -1.16. The lowest BCUT2D eigenvalue weighted by Gasteiger charge is -2.34. The van der Waals surface area contributed by atoms with Crippen LogP contribution in [0.1, 0.15) is 45.4 Å². The van der Waals surface area contributed by atoms with E-state index in [4.69, 9.17) is 5.73 Å². The summed E-state index contributed by atoms with van der Waals surface area (Å²) in [4.78, 5) is 17.7. The topological polar surface area (TPSA) is 82.7 Å². The molecular weight excluding hydrogens is 453 g/mol. The first kappa shape index (κ1) is 23.9. The Balaban J connectivity index is 0.00000364. The van der Waals surface area contributed by atoms with Crippen LogP contribution in [0.5, 0.6) is 0 Å². The van der Waals surface area contributed by atoms with Gasteiger partial charge in [0, 0.05) is 58.2 Å². The SMILES string of the molecule is CCCCCCCCN=C(N)NCCN1CCN(c2ncccn2)CC1.I. The Bertz CT molecular complexity index is 504. The van der Waals surface area contributed by atoms with Gasteiger partial charge in [-0.05, 0) is 12.5 Å². The van der Waals surface area contributed by atoms with Crippen LogP contribution in [0.15, 0.2) is 23.5 Å². The van der Waals surface area contributed by atoms with Crippen molar-refractivity contribution in [2.75, 3.05) is 50.7 Å². The second-order valence-corrected chi connectivity index (χ2v) is 6.84. The molecule has 0 aliphatic carbocycles. The molecule has 0 amide bonds. The minimum Gasteiger partial charge on any atom is -0.370 e. The molecule has 0 spiro atoms. The maximum Gasteiger partial charge on any atom is 0.225 e. The Morgan fingerprint density at radius 2 is 1.74 bits per heavy atom. The molecule has 0 aromatic carbocycles. The molecule has 2 rings (SSSR count). The standard InChI is InChI=1S/C19H35N7.HI/c1-2-3-4-5-6-7-9-21-18(20)22-12-13-25-14-16-26(17-15-25)19-23-10-8-11-24-19;/h8,10-11H,2-7,9,12-17H2,1H3,(H3,20,21,22);1H. The van der Waals surface area contributed by atoms with Crippen LogP contribution in [0.3, 0.4) is 0 Å². The van der Waals surface area contributed by atoms with Gasteiger partial charge in [-0.3, -0.25) is 9.89 Å². The monoisotopic (exact) mass is 489 g/mol. The van der Waals surface area contributed by atoms with E-state index in [0.29, 0.717) is 5.96 Å². The number of piperazine rings is 1. The second-order valence-electron chi connectivity index (χ2n) is 6.84. The first-order valence-corrected chi connectivity index (χ1v) is 10.1. The number of nitrogens with one attached hydrogen (secondary N) is 1. The van der Waals surface area contributed by atoms with E-state index in [1.54, 1.807) is 12.4 Å². The molecule has 27 heavy (non-hydrogen) atoms. The minimum absolute atomic E-state index is 0. The summed E-state index contributed by atoms with van der Waals surface area (Å²) in [6, 6.07) is 1.85. The van der Waals surface area contributed by atoms with Gasteiger partial charge in [-0.1, -0.05) is 39.0 Å². The van der Waals surface area contributed by atoms with E-state index >= 15 is 0 Å². The summed E-state index contributed by atoms with van der Waals surface area (Å²) in [6.07, 6.45) is 11.3. The highest BCUT2D eigenvalue weighted by molar-refractivity contribution is 14.0. The lowest BCUT2D eigenvalue weighted by Crippen LogP contribution is -2.49. The molecule has 2 heterocycles. The lowest BCUT2D eigenvalue weighted by atomic mass is 10.1. The summed E-state index contributed by atoms with van der Waals surface area (Å²) in [7, 11) is 0. The van der Waals surface area contributed by atoms with E-state index in [-0.39, 0.29) is 24.0 Å². The molecule has 154 valence electrons. The van der Waals surface area contributed by atoms with Crippen LogP contribution in [0.4, 0.5) is 5.95 Å². The first-order valence-electron chi connectivity index (χ1n) is 10.1. The van der Waals surface area contributed by atoms with Gasteiger partial charge in [0.1, 0.15) is 0 Å². The van der Waals surface area contributed by atoms with Crippen LogP contribution in [0.2, 0.25) is 0 Å². The summed E-state index contributed by atoms with van der Waals surface area (Å²) in [6.45, 7) is 8.88. The predicted octanol–water partition coefficient (Wildman–Crippen LogP) is 2.48. The highest BCUT2D eigenvalue weighted by Gasteiger charge is 2.18. The number of guanidine groups is 1. The van der Waals surface area contributed by atoms with Gasteiger partial charge in [0.05, 0.1) is 0 Å². The number of aromatic nitrogens is 2. The Morgan fingerprint density at radius 1 is 1.07 bits per heavy atom. The van der Waals surface area contributed by atoms with Crippen molar-refractivity contribution in [1.29, 1.82) is 0 Å². The summed E-state index contributed by atoms with van der Waals surface area (Å²) in [5.74, 6) is 1.41. The van der Waals surface area contributed by atoms with E-state index in [1.165, 1.54) is 32.1 Å². The van der Waals surface area contributed by atoms with Crippen molar-refractivity contribution in [3.8, 4) is 0 Å². The van der Waals surface area contributed by atoms with Crippen molar-refractivity contribution >= 4 is 35.9 Å². The molecule has 0 bridgehead atoms. The van der Waals surface area contributed by atoms with Crippen molar-refractivity contribution in [3.05, 3.63) is 18.5 Å². The van der Waals surface area contributed by atoms with Crippen LogP contribution >= 0.6 is 24.0 Å².